The summed E-state index contributed by atoms with van der Waals surface area (Å²) >= 11 is 0. The normalized spacial score (nSPS) is 14.6. The molecule has 0 bridgehead atoms. The molecule has 1 aliphatic heterocycles. The molecule has 1 unspecified atom stereocenters. The highest BCUT2D eigenvalue weighted by molar-refractivity contribution is 5.39. The standard InChI is InChI=1S/C18H20FNO/c1-20-17(14-3-2-4-16(19)12-14)7-5-13-6-8-18-15(11-13)9-10-21-18/h2-4,6,8,11-12,17,20H,5,7,9-10H2,1H3. The lowest BCUT2D eigenvalue weighted by atomic mass is 9.98. The van der Waals surface area contributed by atoms with E-state index in [2.05, 4.69) is 23.5 Å². The van der Waals surface area contributed by atoms with Crippen molar-refractivity contribution < 1.29 is 9.13 Å². The fraction of sp³-hybridized carbons (Fsp3) is 0.333. The first-order valence-electron chi connectivity index (χ1n) is 7.43. The van der Waals surface area contributed by atoms with Crippen LogP contribution < -0.4 is 10.1 Å². The Morgan fingerprint density at radius 2 is 2.14 bits per heavy atom. The summed E-state index contributed by atoms with van der Waals surface area (Å²) in [4.78, 5) is 0. The first-order valence-corrected chi connectivity index (χ1v) is 7.43. The molecule has 1 heterocycles. The van der Waals surface area contributed by atoms with Crippen LogP contribution in [0.2, 0.25) is 0 Å². The van der Waals surface area contributed by atoms with Gasteiger partial charge < -0.3 is 10.1 Å². The molecule has 2 aromatic rings. The van der Waals surface area contributed by atoms with Gasteiger partial charge in [-0.15, -0.1) is 0 Å². The van der Waals surface area contributed by atoms with Crippen LogP contribution in [0.5, 0.6) is 5.75 Å². The van der Waals surface area contributed by atoms with Crippen LogP contribution in [0.1, 0.15) is 29.2 Å². The molecule has 3 rings (SSSR count). The van der Waals surface area contributed by atoms with Gasteiger partial charge >= 0.3 is 0 Å². The van der Waals surface area contributed by atoms with Gasteiger partial charge in [-0.3, -0.25) is 0 Å². The van der Waals surface area contributed by atoms with Gasteiger partial charge in [-0.05, 0) is 54.8 Å². The molecule has 0 aliphatic carbocycles. The van der Waals surface area contributed by atoms with Crippen molar-refractivity contribution in [3.05, 3.63) is 65.0 Å². The second kappa shape index (κ2) is 6.27. The fourth-order valence-corrected chi connectivity index (χ4v) is 2.91. The van der Waals surface area contributed by atoms with Gasteiger partial charge in [0.15, 0.2) is 0 Å². The van der Waals surface area contributed by atoms with E-state index in [0.717, 1.165) is 37.2 Å². The van der Waals surface area contributed by atoms with E-state index < -0.39 is 0 Å². The highest BCUT2D eigenvalue weighted by atomic mass is 19.1. The number of rotatable bonds is 5. The smallest absolute Gasteiger partial charge is 0.123 e. The third-order valence-electron chi connectivity index (χ3n) is 4.08. The van der Waals surface area contributed by atoms with Gasteiger partial charge in [0.05, 0.1) is 6.61 Å². The summed E-state index contributed by atoms with van der Waals surface area (Å²) in [5, 5.41) is 3.28. The molecule has 1 aliphatic rings. The Morgan fingerprint density at radius 1 is 1.24 bits per heavy atom. The Morgan fingerprint density at radius 3 is 2.95 bits per heavy atom. The summed E-state index contributed by atoms with van der Waals surface area (Å²) in [6, 6.07) is 13.4. The Kier molecular flexibility index (Phi) is 4.20. The molecular weight excluding hydrogens is 265 g/mol. The number of hydrogen-bond acceptors (Lipinski definition) is 2. The van der Waals surface area contributed by atoms with Crippen LogP contribution in [0.25, 0.3) is 0 Å². The second-order valence-electron chi connectivity index (χ2n) is 5.48. The van der Waals surface area contributed by atoms with Crippen LogP contribution in [-0.4, -0.2) is 13.7 Å². The average Bonchev–Trinajstić information content (AvgIpc) is 2.95. The van der Waals surface area contributed by atoms with E-state index in [9.17, 15) is 4.39 Å². The van der Waals surface area contributed by atoms with Gasteiger partial charge in [0.25, 0.3) is 0 Å². The summed E-state index contributed by atoms with van der Waals surface area (Å²) in [6.07, 6.45) is 2.91. The van der Waals surface area contributed by atoms with E-state index in [1.807, 2.05) is 13.1 Å². The van der Waals surface area contributed by atoms with Gasteiger partial charge in [0, 0.05) is 12.5 Å². The summed E-state index contributed by atoms with van der Waals surface area (Å²) < 4.78 is 18.9. The van der Waals surface area contributed by atoms with Crippen molar-refractivity contribution in [2.24, 2.45) is 0 Å². The van der Waals surface area contributed by atoms with Gasteiger partial charge in [-0.2, -0.15) is 0 Å². The maximum Gasteiger partial charge on any atom is 0.123 e. The molecule has 1 N–H and O–H groups in total. The average molecular weight is 285 g/mol. The van der Waals surface area contributed by atoms with Crippen molar-refractivity contribution in [2.45, 2.75) is 25.3 Å². The third kappa shape index (κ3) is 3.24. The van der Waals surface area contributed by atoms with Crippen molar-refractivity contribution in [1.82, 2.24) is 5.32 Å². The van der Waals surface area contributed by atoms with Crippen LogP contribution in [0.4, 0.5) is 4.39 Å². The predicted molar refractivity (Wildman–Crippen MR) is 82.2 cm³/mol. The van der Waals surface area contributed by atoms with Crippen LogP contribution in [0.15, 0.2) is 42.5 Å². The van der Waals surface area contributed by atoms with Crippen molar-refractivity contribution in [3.63, 3.8) is 0 Å². The Labute approximate surface area is 125 Å². The molecule has 0 fully saturated rings. The third-order valence-corrected chi connectivity index (χ3v) is 4.08. The van der Waals surface area contributed by atoms with Crippen LogP contribution in [0.3, 0.4) is 0 Å². The minimum atomic E-state index is -0.178. The maximum atomic E-state index is 13.3. The van der Waals surface area contributed by atoms with Gasteiger partial charge in [-0.1, -0.05) is 24.3 Å². The summed E-state index contributed by atoms with van der Waals surface area (Å²) in [6.45, 7) is 0.793. The quantitative estimate of drug-likeness (QED) is 0.905. The predicted octanol–water partition coefficient (Wildman–Crippen LogP) is 3.65. The zero-order valence-electron chi connectivity index (χ0n) is 12.2. The lowest BCUT2D eigenvalue weighted by molar-refractivity contribution is 0.357. The number of fused-ring (bicyclic) bond motifs is 1. The summed E-state index contributed by atoms with van der Waals surface area (Å²) in [7, 11) is 1.92. The topological polar surface area (TPSA) is 21.3 Å². The first kappa shape index (κ1) is 14.1. The molecule has 0 radical (unpaired) electrons. The molecule has 0 saturated carbocycles. The molecule has 21 heavy (non-hydrogen) atoms. The van der Waals surface area contributed by atoms with Crippen molar-refractivity contribution in [1.29, 1.82) is 0 Å². The van der Waals surface area contributed by atoms with Crippen molar-refractivity contribution in [2.75, 3.05) is 13.7 Å². The van der Waals surface area contributed by atoms with E-state index in [0.29, 0.717) is 0 Å². The highest BCUT2D eigenvalue weighted by Gasteiger charge is 2.14. The highest BCUT2D eigenvalue weighted by Crippen LogP contribution is 2.27. The molecular formula is C18H20FNO. The lowest BCUT2D eigenvalue weighted by Gasteiger charge is -2.17. The van der Waals surface area contributed by atoms with Gasteiger partial charge in [-0.25, -0.2) is 4.39 Å². The largest absolute Gasteiger partial charge is 0.493 e. The van der Waals surface area contributed by atoms with Crippen LogP contribution >= 0.6 is 0 Å². The molecule has 1 atom stereocenters. The SMILES string of the molecule is CNC(CCc1ccc2c(c1)CCO2)c1cccc(F)c1. The summed E-state index contributed by atoms with van der Waals surface area (Å²) in [5.74, 6) is 0.844. The van der Waals surface area contributed by atoms with Crippen LogP contribution in [-0.2, 0) is 12.8 Å². The molecule has 2 aromatic carbocycles. The molecule has 0 amide bonds. The van der Waals surface area contributed by atoms with E-state index in [1.54, 1.807) is 12.1 Å². The zero-order valence-corrected chi connectivity index (χ0v) is 12.2. The number of aryl methyl sites for hydroxylation is 1. The number of ether oxygens (including phenoxy) is 1. The molecule has 110 valence electrons. The minimum Gasteiger partial charge on any atom is -0.493 e. The Bertz CT molecular complexity index is 626. The van der Waals surface area contributed by atoms with E-state index in [1.165, 1.54) is 17.2 Å². The van der Waals surface area contributed by atoms with E-state index in [4.69, 9.17) is 4.74 Å². The number of halogens is 1. The van der Waals surface area contributed by atoms with Gasteiger partial charge in [0.1, 0.15) is 11.6 Å². The van der Waals surface area contributed by atoms with Crippen molar-refractivity contribution in [3.8, 4) is 5.75 Å². The van der Waals surface area contributed by atoms with E-state index in [-0.39, 0.29) is 11.9 Å². The minimum absolute atomic E-state index is 0.171. The zero-order chi connectivity index (χ0) is 14.7. The number of nitrogens with one attached hydrogen (secondary N) is 1. The van der Waals surface area contributed by atoms with Crippen molar-refractivity contribution >= 4 is 0 Å². The molecule has 0 spiro atoms. The number of benzene rings is 2. The Balaban J connectivity index is 1.68. The first-order chi connectivity index (χ1) is 10.3. The monoisotopic (exact) mass is 285 g/mol. The molecule has 2 nitrogen and oxygen atoms in total. The second-order valence-corrected chi connectivity index (χ2v) is 5.48. The van der Waals surface area contributed by atoms with Crippen LogP contribution in [0, 0.1) is 5.82 Å². The lowest BCUT2D eigenvalue weighted by Crippen LogP contribution is -2.17. The maximum absolute atomic E-state index is 13.3. The number of hydrogen-bond donors (Lipinski definition) is 1. The van der Waals surface area contributed by atoms with Gasteiger partial charge in [0.2, 0.25) is 0 Å². The molecule has 0 saturated heterocycles. The Hall–Kier alpha value is -1.87. The summed E-state index contributed by atoms with van der Waals surface area (Å²) in [5.41, 5.74) is 3.62. The molecule has 0 aromatic heterocycles. The molecule has 3 heteroatoms. The fourth-order valence-electron chi connectivity index (χ4n) is 2.91. The van der Waals surface area contributed by atoms with E-state index >= 15 is 0 Å².